The van der Waals surface area contributed by atoms with Gasteiger partial charge in [0.05, 0.1) is 6.54 Å². The van der Waals surface area contributed by atoms with Gasteiger partial charge in [-0.3, -0.25) is 19.7 Å². The van der Waals surface area contributed by atoms with E-state index in [4.69, 9.17) is 0 Å². The number of nitrogens with one attached hydrogen (secondary N) is 2. The van der Waals surface area contributed by atoms with Gasteiger partial charge in [0.2, 0.25) is 5.91 Å². The van der Waals surface area contributed by atoms with Crippen molar-refractivity contribution < 1.29 is 4.79 Å². The van der Waals surface area contributed by atoms with Crippen molar-refractivity contribution in [2.75, 3.05) is 33.7 Å². The number of likely N-dealkylation sites (tertiary alicyclic amines) is 1. The van der Waals surface area contributed by atoms with Gasteiger partial charge in [0.1, 0.15) is 0 Å². The predicted octanol–water partition coefficient (Wildman–Crippen LogP) is 1.91. The fourth-order valence-electron chi connectivity index (χ4n) is 3.88. The highest BCUT2D eigenvalue weighted by Gasteiger charge is 2.29. The number of aromatic nitrogens is 1. The lowest BCUT2D eigenvalue weighted by molar-refractivity contribution is -0.128. The van der Waals surface area contributed by atoms with Crippen LogP contribution in [0.2, 0.25) is 0 Å². The molecule has 2 unspecified atom stereocenters. The Kier molecular flexibility index (Phi) is 8.41. The van der Waals surface area contributed by atoms with Crippen LogP contribution in [0.15, 0.2) is 59.7 Å². The Hall–Kier alpha value is -2.93. The summed E-state index contributed by atoms with van der Waals surface area (Å²) in [5.41, 5.74) is 2.32. The lowest BCUT2D eigenvalue weighted by Crippen LogP contribution is -2.48. The van der Waals surface area contributed by atoms with Crippen LogP contribution in [0.3, 0.4) is 0 Å². The van der Waals surface area contributed by atoms with E-state index >= 15 is 0 Å². The molecule has 1 aliphatic heterocycles. The molecule has 1 fully saturated rings. The van der Waals surface area contributed by atoms with Gasteiger partial charge in [-0.2, -0.15) is 0 Å². The van der Waals surface area contributed by atoms with Crippen molar-refractivity contribution in [3.8, 4) is 0 Å². The minimum atomic E-state index is 0.0318. The van der Waals surface area contributed by atoms with Crippen molar-refractivity contribution in [2.45, 2.75) is 38.4 Å². The third kappa shape index (κ3) is 7.07. The molecule has 1 aromatic heterocycles. The SMILES string of the molecule is CN=C(NCC(=O)N(C)CCc1ccccn1)NC1CC(C)N(Cc2ccccc2)C1. The Labute approximate surface area is 185 Å². The number of guanidine groups is 1. The molecule has 2 N–H and O–H groups in total. The van der Waals surface area contributed by atoms with Crippen molar-refractivity contribution in [2.24, 2.45) is 4.99 Å². The summed E-state index contributed by atoms with van der Waals surface area (Å²) < 4.78 is 0. The highest BCUT2D eigenvalue weighted by Crippen LogP contribution is 2.20. The van der Waals surface area contributed by atoms with Crippen LogP contribution in [0.25, 0.3) is 0 Å². The molecule has 2 atom stereocenters. The van der Waals surface area contributed by atoms with E-state index in [0.29, 0.717) is 24.6 Å². The third-order valence-electron chi connectivity index (χ3n) is 5.76. The highest BCUT2D eigenvalue weighted by atomic mass is 16.2. The molecule has 0 saturated carbocycles. The monoisotopic (exact) mass is 422 g/mol. The van der Waals surface area contributed by atoms with Crippen molar-refractivity contribution in [1.82, 2.24) is 25.4 Å². The Bertz CT molecular complexity index is 842. The van der Waals surface area contributed by atoms with Crippen LogP contribution >= 0.6 is 0 Å². The first-order valence-electron chi connectivity index (χ1n) is 10.9. The molecule has 1 aromatic carbocycles. The average Bonchev–Trinajstić information content (AvgIpc) is 3.14. The summed E-state index contributed by atoms with van der Waals surface area (Å²) in [7, 11) is 3.56. The molecule has 2 heterocycles. The summed E-state index contributed by atoms with van der Waals surface area (Å²) in [6.45, 7) is 5.02. The molecule has 3 rings (SSSR count). The number of carbonyl (C=O) groups excluding carboxylic acids is 1. The van der Waals surface area contributed by atoms with Crippen LogP contribution < -0.4 is 10.6 Å². The van der Waals surface area contributed by atoms with Gasteiger partial charge in [-0.1, -0.05) is 36.4 Å². The molecular formula is C24H34N6O. The number of benzene rings is 1. The minimum Gasteiger partial charge on any atom is -0.352 e. The molecular weight excluding hydrogens is 388 g/mol. The Morgan fingerprint density at radius 3 is 2.71 bits per heavy atom. The lowest BCUT2D eigenvalue weighted by atomic mass is 10.2. The average molecular weight is 423 g/mol. The number of likely N-dealkylation sites (N-methyl/N-ethyl adjacent to an activating group) is 1. The third-order valence-corrected chi connectivity index (χ3v) is 5.76. The van der Waals surface area contributed by atoms with Crippen LogP contribution in [-0.2, 0) is 17.8 Å². The van der Waals surface area contributed by atoms with E-state index in [-0.39, 0.29) is 12.5 Å². The van der Waals surface area contributed by atoms with Crippen molar-refractivity contribution >= 4 is 11.9 Å². The van der Waals surface area contributed by atoms with E-state index < -0.39 is 0 Å². The zero-order valence-electron chi connectivity index (χ0n) is 18.8. The van der Waals surface area contributed by atoms with E-state index in [1.54, 1.807) is 18.1 Å². The second-order valence-electron chi connectivity index (χ2n) is 8.15. The van der Waals surface area contributed by atoms with E-state index in [9.17, 15) is 4.79 Å². The maximum Gasteiger partial charge on any atom is 0.241 e. The molecule has 0 bridgehead atoms. The van der Waals surface area contributed by atoms with Gasteiger partial charge in [-0.15, -0.1) is 0 Å². The molecule has 31 heavy (non-hydrogen) atoms. The number of aliphatic imine (C=N–C) groups is 1. The molecule has 1 aliphatic rings. The number of pyridine rings is 1. The van der Waals surface area contributed by atoms with Crippen LogP contribution in [0.4, 0.5) is 0 Å². The van der Waals surface area contributed by atoms with Gasteiger partial charge in [-0.05, 0) is 31.0 Å². The van der Waals surface area contributed by atoms with Gasteiger partial charge in [0.15, 0.2) is 5.96 Å². The standard InChI is InChI=1S/C24H34N6O/c1-19-15-22(18-30(19)17-20-9-5-4-6-10-20)28-24(25-2)27-16-23(31)29(3)14-12-21-11-7-8-13-26-21/h4-11,13,19,22H,12,14-18H2,1-3H3,(H2,25,27,28). The molecule has 166 valence electrons. The summed E-state index contributed by atoms with van der Waals surface area (Å²) in [4.78, 5) is 25.3. The molecule has 1 saturated heterocycles. The molecule has 7 heteroatoms. The van der Waals surface area contributed by atoms with E-state index in [0.717, 1.165) is 31.6 Å². The normalized spacial score (nSPS) is 19.3. The first-order chi connectivity index (χ1) is 15.0. The number of amides is 1. The smallest absolute Gasteiger partial charge is 0.241 e. The molecule has 0 spiro atoms. The zero-order valence-corrected chi connectivity index (χ0v) is 18.8. The Morgan fingerprint density at radius 2 is 2.00 bits per heavy atom. The number of rotatable bonds is 8. The maximum absolute atomic E-state index is 12.5. The Balaban J connectivity index is 1.41. The van der Waals surface area contributed by atoms with Crippen LogP contribution in [0.5, 0.6) is 0 Å². The highest BCUT2D eigenvalue weighted by molar-refractivity contribution is 5.86. The fourth-order valence-corrected chi connectivity index (χ4v) is 3.88. The molecule has 2 aromatic rings. The lowest BCUT2D eigenvalue weighted by Gasteiger charge is -2.21. The van der Waals surface area contributed by atoms with E-state index in [1.807, 2.05) is 31.3 Å². The van der Waals surface area contributed by atoms with Crippen molar-refractivity contribution in [1.29, 1.82) is 0 Å². The predicted molar refractivity (Wildman–Crippen MR) is 125 cm³/mol. The van der Waals surface area contributed by atoms with Crippen molar-refractivity contribution in [3.05, 3.63) is 66.0 Å². The second-order valence-corrected chi connectivity index (χ2v) is 8.15. The molecule has 7 nitrogen and oxygen atoms in total. The quantitative estimate of drug-likeness (QED) is 0.502. The summed E-state index contributed by atoms with van der Waals surface area (Å²) in [6.07, 6.45) is 3.57. The first-order valence-corrected chi connectivity index (χ1v) is 10.9. The summed E-state index contributed by atoms with van der Waals surface area (Å²) in [5, 5.41) is 6.65. The number of carbonyl (C=O) groups is 1. The maximum atomic E-state index is 12.5. The fraction of sp³-hybridized carbons (Fsp3) is 0.458. The van der Waals surface area contributed by atoms with Crippen LogP contribution in [0.1, 0.15) is 24.6 Å². The van der Waals surface area contributed by atoms with Gasteiger partial charge < -0.3 is 15.5 Å². The Morgan fingerprint density at radius 1 is 1.23 bits per heavy atom. The minimum absolute atomic E-state index is 0.0318. The first kappa shape index (κ1) is 22.7. The van der Waals surface area contributed by atoms with E-state index in [1.165, 1.54) is 5.56 Å². The van der Waals surface area contributed by atoms with Gasteiger partial charge in [0.25, 0.3) is 0 Å². The number of nitrogens with zero attached hydrogens (tertiary/aromatic N) is 4. The number of hydrogen-bond acceptors (Lipinski definition) is 4. The van der Waals surface area contributed by atoms with E-state index in [2.05, 4.69) is 56.7 Å². The van der Waals surface area contributed by atoms with Gasteiger partial charge >= 0.3 is 0 Å². The van der Waals surface area contributed by atoms with Gasteiger partial charge in [0, 0.05) is 64.1 Å². The summed E-state index contributed by atoms with van der Waals surface area (Å²) >= 11 is 0. The molecule has 0 aliphatic carbocycles. The second kappa shape index (κ2) is 11.5. The molecule has 1 amide bonds. The van der Waals surface area contributed by atoms with Crippen LogP contribution in [0, 0.1) is 0 Å². The summed E-state index contributed by atoms with van der Waals surface area (Å²) in [6, 6.07) is 17.2. The van der Waals surface area contributed by atoms with Crippen molar-refractivity contribution in [3.63, 3.8) is 0 Å². The topological polar surface area (TPSA) is 72.9 Å². The van der Waals surface area contributed by atoms with Crippen LogP contribution in [-0.4, -0.2) is 72.5 Å². The number of hydrogen-bond donors (Lipinski definition) is 2. The summed E-state index contributed by atoms with van der Waals surface area (Å²) in [5.74, 6) is 0.703. The largest absolute Gasteiger partial charge is 0.352 e. The zero-order chi connectivity index (χ0) is 22.1. The van der Waals surface area contributed by atoms with Gasteiger partial charge in [-0.25, -0.2) is 0 Å². The molecule has 0 radical (unpaired) electrons.